The summed E-state index contributed by atoms with van der Waals surface area (Å²) in [6, 6.07) is 9.57. The molecule has 2 fully saturated rings. The molecule has 1 aliphatic heterocycles. The summed E-state index contributed by atoms with van der Waals surface area (Å²) in [6.45, 7) is 1.01. The van der Waals surface area contributed by atoms with Crippen molar-refractivity contribution in [3.8, 4) is 0 Å². The molecule has 0 bridgehead atoms. The van der Waals surface area contributed by atoms with E-state index in [-0.39, 0.29) is 24.7 Å². The van der Waals surface area contributed by atoms with Crippen LogP contribution in [0.1, 0.15) is 30.7 Å². The molecule has 1 aromatic heterocycles. The molecular formula is C21H24BrN3O5. The second-order valence-electron chi connectivity index (χ2n) is 8.25. The van der Waals surface area contributed by atoms with E-state index in [1.807, 2.05) is 48.1 Å². The van der Waals surface area contributed by atoms with E-state index in [1.165, 1.54) is 0 Å². The van der Waals surface area contributed by atoms with E-state index in [0.717, 1.165) is 12.0 Å². The lowest BCUT2D eigenvalue weighted by Crippen LogP contribution is -2.58. The first-order chi connectivity index (χ1) is 14.3. The first-order valence-electron chi connectivity index (χ1n) is 9.82. The Hall–Kier alpha value is -2.39. The number of carbonyl (C=O) groups excluding carboxylic acids is 1. The Labute approximate surface area is 182 Å². The maximum absolute atomic E-state index is 12.4. The summed E-state index contributed by atoms with van der Waals surface area (Å²) in [7, 11) is 1.87. The van der Waals surface area contributed by atoms with Crippen LogP contribution in [-0.4, -0.2) is 51.3 Å². The molecular weight excluding hydrogens is 454 g/mol. The molecule has 1 saturated carbocycles. The maximum atomic E-state index is 12.4. The summed E-state index contributed by atoms with van der Waals surface area (Å²) >= 11 is 3.39. The Morgan fingerprint density at radius 1 is 1.23 bits per heavy atom. The van der Waals surface area contributed by atoms with Crippen LogP contribution in [0.2, 0.25) is 0 Å². The fraction of sp³-hybridized carbons (Fsp3) is 0.476. The van der Waals surface area contributed by atoms with E-state index < -0.39 is 11.6 Å². The highest BCUT2D eigenvalue weighted by atomic mass is 79.9. The number of halogens is 1. The number of hydrogen-bond acceptors (Lipinski definition) is 5. The highest BCUT2D eigenvalue weighted by Gasteiger charge is 2.58. The van der Waals surface area contributed by atoms with Crippen LogP contribution in [0, 0.1) is 5.41 Å². The van der Waals surface area contributed by atoms with Crippen molar-refractivity contribution in [1.29, 1.82) is 0 Å². The number of aliphatic carboxylic acids is 1. The van der Waals surface area contributed by atoms with Gasteiger partial charge in [0.1, 0.15) is 29.2 Å². The van der Waals surface area contributed by atoms with Gasteiger partial charge in [0.2, 0.25) is 0 Å². The number of aromatic nitrogens is 2. The predicted octanol–water partition coefficient (Wildman–Crippen LogP) is 3.30. The van der Waals surface area contributed by atoms with Crippen LogP contribution in [0.25, 0.3) is 0 Å². The number of hydrogen-bond donors (Lipinski definition) is 1. The summed E-state index contributed by atoms with van der Waals surface area (Å²) < 4.78 is 13.9. The fourth-order valence-electron chi connectivity index (χ4n) is 4.65. The van der Waals surface area contributed by atoms with E-state index in [9.17, 15) is 9.59 Å². The number of rotatable bonds is 6. The van der Waals surface area contributed by atoms with Gasteiger partial charge < -0.3 is 24.0 Å². The van der Waals surface area contributed by atoms with E-state index in [4.69, 9.17) is 14.6 Å². The maximum Gasteiger partial charge on any atom is 0.410 e. The monoisotopic (exact) mass is 477 g/mol. The highest BCUT2D eigenvalue weighted by Crippen LogP contribution is 2.55. The van der Waals surface area contributed by atoms with E-state index in [1.54, 1.807) is 4.90 Å². The molecule has 8 nitrogen and oxygen atoms in total. The van der Waals surface area contributed by atoms with Crippen LogP contribution in [0.15, 0.2) is 41.1 Å². The van der Waals surface area contributed by atoms with Gasteiger partial charge in [-0.2, -0.15) is 0 Å². The Kier molecular flexibility index (Phi) is 5.59. The summed E-state index contributed by atoms with van der Waals surface area (Å²) in [5.41, 5.74) is 0.0606. The van der Waals surface area contributed by atoms with Gasteiger partial charge in [0.15, 0.2) is 0 Å². The number of ether oxygens (including phenoxy) is 2. The minimum absolute atomic E-state index is 0.108. The summed E-state index contributed by atoms with van der Waals surface area (Å²) in [5.74, 6) is -0.305. The van der Waals surface area contributed by atoms with E-state index in [2.05, 4.69) is 20.9 Å². The molecule has 160 valence electrons. The molecule has 1 spiro atoms. The van der Waals surface area contributed by atoms with Crippen LogP contribution < -0.4 is 0 Å². The Balaban J connectivity index is 1.41. The van der Waals surface area contributed by atoms with Gasteiger partial charge in [-0.15, -0.1) is 0 Å². The molecule has 0 radical (unpaired) electrons. The summed E-state index contributed by atoms with van der Waals surface area (Å²) in [6.07, 6.45) is 3.62. The van der Waals surface area contributed by atoms with Crippen molar-refractivity contribution in [3.05, 3.63) is 52.5 Å². The molecule has 1 unspecified atom stereocenters. The molecule has 1 atom stereocenters. The SMILES string of the molecule is Cn1cc(Br)nc1C1(OCC(=O)O)CCC2(CN(C(=O)OCc3ccccc3)C2)C1. The number of carboxylic acids is 1. The van der Waals surface area contributed by atoms with Crippen molar-refractivity contribution < 1.29 is 24.2 Å². The average molecular weight is 478 g/mol. The second kappa shape index (κ2) is 8.03. The van der Waals surface area contributed by atoms with Crippen LogP contribution in [0.4, 0.5) is 4.79 Å². The molecule has 1 saturated heterocycles. The zero-order valence-electron chi connectivity index (χ0n) is 16.7. The zero-order valence-corrected chi connectivity index (χ0v) is 18.3. The van der Waals surface area contributed by atoms with Crippen LogP contribution in [-0.2, 0) is 33.5 Å². The standard InChI is InChI=1S/C21H24BrN3O5/c1-24-9-16(22)23-18(24)21(30-11-17(26)27)8-7-20(12-21)13-25(14-20)19(28)29-10-15-5-3-2-4-6-15/h2-6,9H,7-8,10-14H2,1H3,(H,26,27). The first kappa shape index (κ1) is 20.9. The largest absolute Gasteiger partial charge is 0.480 e. The van der Waals surface area contributed by atoms with Gasteiger partial charge in [-0.1, -0.05) is 30.3 Å². The second-order valence-corrected chi connectivity index (χ2v) is 9.06. The lowest BCUT2D eigenvalue weighted by molar-refractivity contribution is -0.152. The van der Waals surface area contributed by atoms with Gasteiger partial charge in [-0.05, 0) is 40.8 Å². The number of nitrogens with zero attached hydrogens (tertiary/aromatic N) is 3. The van der Waals surface area contributed by atoms with Gasteiger partial charge >= 0.3 is 12.1 Å². The number of carboxylic acid groups (broad SMARTS) is 1. The third-order valence-electron chi connectivity index (χ3n) is 5.96. The minimum Gasteiger partial charge on any atom is -0.480 e. The van der Waals surface area contributed by atoms with E-state index in [0.29, 0.717) is 36.4 Å². The van der Waals surface area contributed by atoms with Gasteiger partial charge in [0, 0.05) is 31.7 Å². The van der Waals surface area contributed by atoms with Crippen molar-refractivity contribution in [1.82, 2.24) is 14.5 Å². The lowest BCUT2D eigenvalue weighted by Gasteiger charge is -2.48. The molecule has 30 heavy (non-hydrogen) atoms. The van der Waals surface area contributed by atoms with Gasteiger partial charge in [-0.3, -0.25) is 0 Å². The topological polar surface area (TPSA) is 93.9 Å². The lowest BCUT2D eigenvalue weighted by atomic mass is 9.77. The van der Waals surface area contributed by atoms with Crippen molar-refractivity contribution in [3.63, 3.8) is 0 Å². The van der Waals surface area contributed by atoms with Crippen molar-refractivity contribution in [2.75, 3.05) is 19.7 Å². The number of likely N-dealkylation sites (tertiary alicyclic amines) is 1. The zero-order chi connectivity index (χ0) is 21.4. The van der Waals surface area contributed by atoms with Crippen molar-refractivity contribution in [2.45, 2.75) is 31.5 Å². The fourth-order valence-corrected chi connectivity index (χ4v) is 5.13. The molecule has 1 aromatic carbocycles. The summed E-state index contributed by atoms with van der Waals surface area (Å²) in [5, 5.41) is 9.15. The molecule has 2 aliphatic rings. The Bertz CT molecular complexity index is 941. The Morgan fingerprint density at radius 2 is 1.97 bits per heavy atom. The number of amides is 1. The molecule has 1 N–H and O–H groups in total. The molecule has 9 heteroatoms. The molecule has 1 amide bonds. The summed E-state index contributed by atoms with van der Waals surface area (Å²) in [4.78, 5) is 29.8. The van der Waals surface area contributed by atoms with Crippen molar-refractivity contribution in [2.24, 2.45) is 12.5 Å². The molecule has 4 rings (SSSR count). The van der Waals surface area contributed by atoms with Crippen LogP contribution in [0.3, 0.4) is 0 Å². The van der Waals surface area contributed by atoms with Gasteiger partial charge in [0.05, 0.1) is 0 Å². The molecule has 2 heterocycles. The smallest absolute Gasteiger partial charge is 0.410 e. The molecule has 1 aliphatic carbocycles. The number of aryl methyl sites for hydroxylation is 1. The molecule has 2 aromatic rings. The van der Waals surface area contributed by atoms with Gasteiger partial charge in [-0.25, -0.2) is 14.6 Å². The van der Waals surface area contributed by atoms with Crippen molar-refractivity contribution >= 4 is 28.0 Å². The average Bonchev–Trinajstić information content (AvgIpc) is 3.25. The third-order valence-corrected chi connectivity index (χ3v) is 6.34. The minimum atomic E-state index is -1.01. The predicted molar refractivity (Wildman–Crippen MR) is 111 cm³/mol. The Morgan fingerprint density at radius 3 is 2.60 bits per heavy atom. The van der Waals surface area contributed by atoms with Crippen LogP contribution in [0.5, 0.6) is 0 Å². The van der Waals surface area contributed by atoms with E-state index >= 15 is 0 Å². The van der Waals surface area contributed by atoms with Crippen LogP contribution >= 0.6 is 15.9 Å². The third kappa shape index (κ3) is 4.09. The van der Waals surface area contributed by atoms with Gasteiger partial charge in [0.25, 0.3) is 0 Å². The quantitative estimate of drug-likeness (QED) is 0.685. The number of carbonyl (C=O) groups is 2. The highest BCUT2D eigenvalue weighted by molar-refractivity contribution is 9.10. The first-order valence-corrected chi connectivity index (χ1v) is 10.6. The number of benzene rings is 1. The number of imidazole rings is 1. The normalized spacial score (nSPS) is 22.1.